The lowest BCUT2D eigenvalue weighted by Crippen LogP contribution is -2.28. The summed E-state index contributed by atoms with van der Waals surface area (Å²) in [7, 11) is 0. The first-order valence-corrected chi connectivity index (χ1v) is 6.04. The maximum Gasteiger partial charge on any atom is 0.352 e. The Balaban J connectivity index is 2.01. The standard InChI is InChI=1S/C15H14FNO3/c1-10(19-12-6-4-5-11(17)9-12)15(18)20-14-8-3-2-7-13(14)16/h2-10H,17H2,1H3/t10-/m0/s1. The highest BCUT2D eigenvalue weighted by Crippen LogP contribution is 2.19. The summed E-state index contributed by atoms with van der Waals surface area (Å²) >= 11 is 0. The Hall–Kier alpha value is -2.56. The molecular formula is C15H14FNO3. The van der Waals surface area contributed by atoms with E-state index < -0.39 is 17.9 Å². The number of esters is 1. The minimum absolute atomic E-state index is 0.125. The van der Waals surface area contributed by atoms with Gasteiger partial charge in [0, 0.05) is 11.8 Å². The molecule has 5 heteroatoms. The smallest absolute Gasteiger partial charge is 0.352 e. The maximum atomic E-state index is 13.4. The molecule has 20 heavy (non-hydrogen) atoms. The van der Waals surface area contributed by atoms with E-state index in [1.165, 1.54) is 25.1 Å². The minimum atomic E-state index is -0.878. The highest BCUT2D eigenvalue weighted by Gasteiger charge is 2.18. The summed E-state index contributed by atoms with van der Waals surface area (Å²) in [6, 6.07) is 12.4. The van der Waals surface area contributed by atoms with Gasteiger partial charge in [-0.3, -0.25) is 0 Å². The van der Waals surface area contributed by atoms with Crippen molar-refractivity contribution in [3.05, 3.63) is 54.3 Å². The van der Waals surface area contributed by atoms with Crippen LogP contribution in [0.15, 0.2) is 48.5 Å². The molecular weight excluding hydrogens is 261 g/mol. The van der Waals surface area contributed by atoms with Gasteiger partial charge in [-0.1, -0.05) is 18.2 Å². The van der Waals surface area contributed by atoms with Crippen LogP contribution < -0.4 is 15.2 Å². The normalized spacial score (nSPS) is 11.7. The van der Waals surface area contributed by atoms with Crippen LogP contribution in [0.25, 0.3) is 0 Å². The summed E-state index contributed by atoms with van der Waals surface area (Å²) in [4.78, 5) is 11.8. The fourth-order valence-electron chi connectivity index (χ4n) is 1.56. The molecule has 0 bridgehead atoms. The van der Waals surface area contributed by atoms with Crippen molar-refractivity contribution < 1.29 is 18.7 Å². The van der Waals surface area contributed by atoms with Crippen LogP contribution in [0.5, 0.6) is 11.5 Å². The molecule has 2 N–H and O–H groups in total. The van der Waals surface area contributed by atoms with Crippen LogP contribution in [0, 0.1) is 5.82 Å². The second kappa shape index (κ2) is 6.06. The van der Waals surface area contributed by atoms with Gasteiger partial charge in [0.1, 0.15) is 5.75 Å². The molecule has 0 amide bonds. The number of carbonyl (C=O) groups excluding carboxylic acids is 1. The number of benzene rings is 2. The summed E-state index contributed by atoms with van der Waals surface area (Å²) in [6.45, 7) is 1.52. The van der Waals surface area contributed by atoms with Crippen LogP contribution in [0.4, 0.5) is 10.1 Å². The van der Waals surface area contributed by atoms with Crippen molar-refractivity contribution in [3.63, 3.8) is 0 Å². The molecule has 0 fully saturated rings. The first-order chi connectivity index (χ1) is 9.56. The highest BCUT2D eigenvalue weighted by atomic mass is 19.1. The second-order valence-corrected chi connectivity index (χ2v) is 4.18. The molecule has 0 aliphatic rings. The van der Waals surface area contributed by atoms with Gasteiger partial charge in [0.2, 0.25) is 0 Å². The van der Waals surface area contributed by atoms with Crippen LogP contribution >= 0.6 is 0 Å². The number of halogens is 1. The number of nitrogens with two attached hydrogens (primary N) is 1. The molecule has 0 heterocycles. The average molecular weight is 275 g/mol. The zero-order valence-electron chi connectivity index (χ0n) is 10.9. The van der Waals surface area contributed by atoms with E-state index in [-0.39, 0.29) is 5.75 Å². The second-order valence-electron chi connectivity index (χ2n) is 4.18. The summed E-state index contributed by atoms with van der Waals surface area (Å²) in [5.74, 6) is -0.960. The molecule has 4 nitrogen and oxygen atoms in total. The number of hydrogen-bond donors (Lipinski definition) is 1. The zero-order valence-corrected chi connectivity index (χ0v) is 10.9. The van der Waals surface area contributed by atoms with Crippen molar-refractivity contribution in [2.24, 2.45) is 0 Å². The fraction of sp³-hybridized carbons (Fsp3) is 0.133. The first-order valence-electron chi connectivity index (χ1n) is 6.04. The summed E-state index contributed by atoms with van der Waals surface area (Å²) in [5, 5.41) is 0. The van der Waals surface area contributed by atoms with Crippen molar-refractivity contribution in [1.82, 2.24) is 0 Å². The van der Waals surface area contributed by atoms with E-state index in [1.807, 2.05) is 0 Å². The zero-order chi connectivity index (χ0) is 14.5. The van der Waals surface area contributed by atoms with Crippen LogP contribution in [-0.4, -0.2) is 12.1 Å². The molecule has 0 radical (unpaired) electrons. The van der Waals surface area contributed by atoms with Crippen molar-refractivity contribution in [1.29, 1.82) is 0 Å². The van der Waals surface area contributed by atoms with Gasteiger partial charge >= 0.3 is 5.97 Å². The fourth-order valence-corrected chi connectivity index (χ4v) is 1.56. The Kier molecular flexibility index (Phi) is 4.20. The molecule has 0 aliphatic heterocycles. The largest absolute Gasteiger partial charge is 0.479 e. The van der Waals surface area contributed by atoms with E-state index in [0.717, 1.165) is 0 Å². The van der Waals surface area contributed by atoms with Gasteiger partial charge < -0.3 is 15.2 Å². The van der Waals surface area contributed by atoms with E-state index in [2.05, 4.69) is 0 Å². The summed E-state index contributed by atoms with van der Waals surface area (Å²) in [5.41, 5.74) is 6.13. The lowest BCUT2D eigenvalue weighted by atomic mass is 10.3. The molecule has 0 spiro atoms. The number of hydrogen-bond acceptors (Lipinski definition) is 4. The molecule has 104 valence electrons. The molecule has 1 atom stereocenters. The van der Waals surface area contributed by atoms with Gasteiger partial charge in [-0.15, -0.1) is 0 Å². The number of anilines is 1. The van der Waals surface area contributed by atoms with E-state index in [9.17, 15) is 9.18 Å². The third-order valence-electron chi connectivity index (χ3n) is 2.55. The molecule has 0 unspecified atom stereocenters. The quantitative estimate of drug-likeness (QED) is 0.529. The molecule has 2 aromatic rings. The average Bonchev–Trinajstić information content (AvgIpc) is 2.41. The Labute approximate surface area is 115 Å². The topological polar surface area (TPSA) is 61.5 Å². The third-order valence-corrected chi connectivity index (χ3v) is 2.55. The molecule has 0 saturated heterocycles. The van der Waals surface area contributed by atoms with Crippen molar-refractivity contribution in [3.8, 4) is 11.5 Å². The SMILES string of the molecule is C[C@H](Oc1cccc(N)c1)C(=O)Oc1ccccc1F. The lowest BCUT2D eigenvalue weighted by Gasteiger charge is -2.14. The first kappa shape index (κ1) is 13.9. The monoisotopic (exact) mass is 275 g/mol. The van der Waals surface area contributed by atoms with Crippen molar-refractivity contribution in [2.45, 2.75) is 13.0 Å². The minimum Gasteiger partial charge on any atom is -0.479 e. The lowest BCUT2D eigenvalue weighted by molar-refractivity contribution is -0.141. The van der Waals surface area contributed by atoms with Gasteiger partial charge in [0.15, 0.2) is 17.7 Å². The van der Waals surface area contributed by atoms with Crippen LogP contribution in [-0.2, 0) is 4.79 Å². The molecule has 2 rings (SSSR count). The number of rotatable bonds is 4. The van der Waals surface area contributed by atoms with Gasteiger partial charge in [0.05, 0.1) is 0 Å². The number of ether oxygens (including phenoxy) is 2. The van der Waals surface area contributed by atoms with Crippen molar-refractivity contribution >= 4 is 11.7 Å². The van der Waals surface area contributed by atoms with Crippen LogP contribution in [0.3, 0.4) is 0 Å². The summed E-state index contributed by atoms with van der Waals surface area (Å²) in [6.07, 6.45) is -0.878. The van der Waals surface area contributed by atoms with E-state index in [0.29, 0.717) is 11.4 Å². The van der Waals surface area contributed by atoms with Crippen LogP contribution in [0.1, 0.15) is 6.92 Å². The number of carbonyl (C=O) groups is 1. The van der Waals surface area contributed by atoms with E-state index in [1.54, 1.807) is 30.3 Å². The molecule has 0 aliphatic carbocycles. The van der Waals surface area contributed by atoms with Gasteiger partial charge in [-0.05, 0) is 31.2 Å². The Morgan fingerprint density at radius 1 is 1.20 bits per heavy atom. The Morgan fingerprint density at radius 3 is 2.65 bits per heavy atom. The highest BCUT2D eigenvalue weighted by molar-refractivity contribution is 5.77. The number of nitrogen functional groups attached to an aromatic ring is 1. The van der Waals surface area contributed by atoms with Crippen molar-refractivity contribution in [2.75, 3.05) is 5.73 Å². The molecule has 2 aromatic carbocycles. The molecule has 0 aromatic heterocycles. The number of para-hydroxylation sites is 1. The third kappa shape index (κ3) is 3.47. The van der Waals surface area contributed by atoms with Gasteiger partial charge in [-0.2, -0.15) is 0 Å². The van der Waals surface area contributed by atoms with E-state index in [4.69, 9.17) is 15.2 Å². The Bertz CT molecular complexity index is 616. The predicted octanol–water partition coefficient (Wildman–Crippen LogP) is 2.78. The van der Waals surface area contributed by atoms with Gasteiger partial charge in [0.25, 0.3) is 0 Å². The van der Waals surface area contributed by atoms with Gasteiger partial charge in [-0.25, -0.2) is 9.18 Å². The van der Waals surface area contributed by atoms with Crippen LogP contribution in [0.2, 0.25) is 0 Å². The van der Waals surface area contributed by atoms with E-state index >= 15 is 0 Å². The summed E-state index contributed by atoms with van der Waals surface area (Å²) < 4.78 is 23.7. The predicted molar refractivity (Wildman–Crippen MR) is 73.0 cm³/mol. The Morgan fingerprint density at radius 2 is 1.95 bits per heavy atom. The molecule has 0 saturated carbocycles. The maximum absolute atomic E-state index is 13.4.